The molecule has 1 unspecified atom stereocenters. The average molecular weight is 401 g/mol. The SMILES string of the molecule is CCNC(=NCCS(=O)(=O)NCC1CCC1)NC(C)c1cccc(Cl)c1. The fraction of sp³-hybridized carbons (Fsp3) is 0.611. The molecule has 1 aliphatic carbocycles. The zero-order valence-electron chi connectivity index (χ0n) is 15.5. The minimum absolute atomic E-state index is 0.000140. The highest BCUT2D eigenvalue weighted by Gasteiger charge is 2.20. The van der Waals surface area contributed by atoms with Crippen LogP contribution in [0.3, 0.4) is 0 Å². The van der Waals surface area contributed by atoms with E-state index in [1.165, 1.54) is 6.42 Å². The second-order valence-electron chi connectivity index (χ2n) is 6.65. The van der Waals surface area contributed by atoms with Gasteiger partial charge < -0.3 is 10.6 Å². The maximum absolute atomic E-state index is 12.1. The van der Waals surface area contributed by atoms with Crippen molar-refractivity contribution in [2.75, 3.05) is 25.4 Å². The van der Waals surface area contributed by atoms with E-state index in [-0.39, 0.29) is 18.3 Å². The molecule has 1 aliphatic rings. The number of benzene rings is 1. The smallest absolute Gasteiger partial charge is 0.213 e. The molecular formula is C18H29ClN4O2S. The summed E-state index contributed by atoms with van der Waals surface area (Å²) in [5.74, 6) is 1.09. The standard InChI is InChI=1S/C18H29ClN4O2S/c1-3-20-18(23-14(2)16-8-5-9-17(19)12-16)21-10-11-26(24,25)22-13-15-6-4-7-15/h5,8-9,12,14-15,22H,3-4,6-7,10-11,13H2,1-2H3,(H2,20,21,23). The molecule has 0 bridgehead atoms. The number of aliphatic imine (C=N–C) groups is 1. The quantitative estimate of drug-likeness (QED) is 0.439. The Morgan fingerprint density at radius 2 is 2.15 bits per heavy atom. The predicted molar refractivity (Wildman–Crippen MR) is 108 cm³/mol. The molecular weight excluding hydrogens is 372 g/mol. The lowest BCUT2D eigenvalue weighted by Crippen LogP contribution is -2.39. The van der Waals surface area contributed by atoms with Crippen molar-refractivity contribution >= 4 is 27.6 Å². The molecule has 1 fully saturated rings. The van der Waals surface area contributed by atoms with Gasteiger partial charge in [0.25, 0.3) is 0 Å². The fourth-order valence-electron chi connectivity index (χ4n) is 2.68. The van der Waals surface area contributed by atoms with Crippen LogP contribution in [0.1, 0.15) is 44.7 Å². The first-order valence-electron chi connectivity index (χ1n) is 9.17. The van der Waals surface area contributed by atoms with Crippen molar-refractivity contribution in [2.45, 2.75) is 39.2 Å². The van der Waals surface area contributed by atoms with Gasteiger partial charge in [-0.25, -0.2) is 13.1 Å². The van der Waals surface area contributed by atoms with Crippen molar-refractivity contribution in [3.05, 3.63) is 34.9 Å². The fourth-order valence-corrected chi connectivity index (χ4v) is 3.84. The van der Waals surface area contributed by atoms with E-state index in [0.717, 1.165) is 18.4 Å². The summed E-state index contributed by atoms with van der Waals surface area (Å²) < 4.78 is 26.8. The lowest BCUT2D eigenvalue weighted by Gasteiger charge is -2.25. The van der Waals surface area contributed by atoms with Gasteiger partial charge >= 0.3 is 0 Å². The maximum Gasteiger partial charge on any atom is 0.213 e. The van der Waals surface area contributed by atoms with Gasteiger partial charge in [-0.15, -0.1) is 0 Å². The van der Waals surface area contributed by atoms with Crippen LogP contribution in [0.5, 0.6) is 0 Å². The molecule has 0 saturated heterocycles. The summed E-state index contributed by atoms with van der Waals surface area (Å²) in [6.07, 6.45) is 3.45. The second kappa shape index (κ2) is 10.1. The van der Waals surface area contributed by atoms with Crippen LogP contribution in [-0.2, 0) is 10.0 Å². The van der Waals surface area contributed by atoms with Crippen LogP contribution in [0.4, 0.5) is 0 Å². The van der Waals surface area contributed by atoms with E-state index in [0.29, 0.717) is 30.0 Å². The maximum atomic E-state index is 12.1. The monoisotopic (exact) mass is 400 g/mol. The van der Waals surface area contributed by atoms with Crippen LogP contribution >= 0.6 is 11.6 Å². The molecule has 8 heteroatoms. The first-order chi connectivity index (χ1) is 12.4. The Kier molecular flexibility index (Phi) is 8.18. The Morgan fingerprint density at radius 1 is 1.38 bits per heavy atom. The van der Waals surface area contributed by atoms with Gasteiger partial charge in [-0.3, -0.25) is 4.99 Å². The Labute approximate surface area is 161 Å². The van der Waals surface area contributed by atoms with Crippen LogP contribution in [0.25, 0.3) is 0 Å². The van der Waals surface area contributed by atoms with Gasteiger partial charge in [0, 0.05) is 18.1 Å². The number of nitrogens with one attached hydrogen (secondary N) is 3. The molecule has 0 radical (unpaired) electrons. The molecule has 146 valence electrons. The molecule has 6 nitrogen and oxygen atoms in total. The molecule has 2 rings (SSSR count). The third-order valence-electron chi connectivity index (χ3n) is 4.49. The van der Waals surface area contributed by atoms with Gasteiger partial charge in [-0.1, -0.05) is 30.2 Å². The van der Waals surface area contributed by atoms with Gasteiger partial charge in [0.05, 0.1) is 18.3 Å². The molecule has 0 amide bonds. The van der Waals surface area contributed by atoms with E-state index in [1.807, 2.05) is 38.1 Å². The van der Waals surface area contributed by atoms with Gasteiger partial charge in [0.2, 0.25) is 10.0 Å². The third-order valence-corrected chi connectivity index (χ3v) is 6.05. The van der Waals surface area contributed by atoms with Gasteiger partial charge in [-0.05, 0) is 50.3 Å². The van der Waals surface area contributed by atoms with Crippen molar-refractivity contribution in [3.8, 4) is 0 Å². The largest absolute Gasteiger partial charge is 0.357 e. The van der Waals surface area contributed by atoms with Crippen molar-refractivity contribution in [3.63, 3.8) is 0 Å². The number of sulfonamides is 1. The highest BCUT2D eigenvalue weighted by molar-refractivity contribution is 7.89. The molecule has 1 aromatic rings. The van der Waals surface area contributed by atoms with Crippen LogP contribution in [-0.4, -0.2) is 39.8 Å². The normalized spacial score (nSPS) is 16.8. The molecule has 1 saturated carbocycles. The van der Waals surface area contributed by atoms with Crippen molar-refractivity contribution < 1.29 is 8.42 Å². The lowest BCUT2D eigenvalue weighted by atomic mass is 9.86. The van der Waals surface area contributed by atoms with Crippen molar-refractivity contribution in [2.24, 2.45) is 10.9 Å². The summed E-state index contributed by atoms with van der Waals surface area (Å²) in [6, 6.07) is 7.62. The first kappa shape index (κ1) is 21.0. The Balaban J connectivity index is 1.86. The van der Waals surface area contributed by atoms with Gasteiger partial charge in [0.15, 0.2) is 5.96 Å². The predicted octanol–water partition coefficient (Wildman–Crippen LogP) is 2.68. The molecule has 1 aromatic carbocycles. The van der Waals surface area contributed by atoms with E-state index in [4.69, 9.17) is 11.6 Å². The van der Waals surface area contributed by atoms with Crippen molar-refractivity contribution in [1.29, 1.82) is 0 Å². The van der Waals surface area contributed by atoms with Crippen LogP contribution in [0, 0.1) is 5.92 Å². The zero-order valence-corrected chi connectivity index (χ0v) is 17.0. The number of hydrogen-bond donors (Lipinski definition) is 3. The van der Waals surface area contributed by atoms with E-state index >= 15 is 0 Å². The molecule has 26 heavy (non-hydrogen) atoms. The number of rotatable bonds is 9. The number of nitrogens with zero attached hydrogens (tertiary/aromatic N) is 1. The van der Waals surface area contributed by atoms with E-state index in [9.17, 15) is 8.42 Å². The molecule has 1 atom stereocenters. The minimum Gasteiger partial charge on any atom is -0.357 e. The summed E-state index contributed by atoms with van der Waals surface area (Å²) in [7, 11) is -3.28. The van der Waals surface area contributed by atoms with E-state index in [1.54, 1.807) is 0 Å². The highest BCUT2D eigenvalue weighted by atomic mass is 35.5. The Morgan fingerprint density at radius 3 is 2.77 bits per heavy atom. The molecule has 3 N–H and O–H groups in total. The summed E-state index contributed by atoms with van der Waals surface area (Å²) in [6.45, 7) is 5.43. The Hall–Kier alpha value is -1.31. The summed E-state index contributed by atoms with van der Waals surface area (Å²) in [5, 5.41) is 7.11. The van der Waals surface area contributed by atoms with Crippen molar-refractivity contribution in [1.82, 2.24) is 15.4 Å². The number of halogens is 1. The highest BCUT2D eigenvalue weighted by Crippen LogP contribution is 2.25. The lowest BCUT2D eigenvalue weighted by molar-refractivity contribution is 0.316. The molecule has 0 spiro atoms. The van der Waals surface area contributed by atoms with Crippen LogP contribution in [0.15, 0.2) is 29.3 Å². The molecule has 0 aliphatic heterocycles. The number of hydrogen-bond acceptors (Lipinski definition) is 3. The average Bonchev–Trinajstić information content (AvgIpc) is 2.53. The topological polar surface area (TPSA) is 82.6 Å². The molecule has 0 aromatic heterocycles. The summed E-state index contributed by atoms with van der Waals surface area (Å²) >= 11 is 6.04. The first-order valence-corrected chi connectivity index (χ1v) is 11.2. The third kappa shape index (κ3) is 7.13. The molecule has 0 heterocycles. The Bertz CT molecular complexity index is 705. The van der Waals surface area contributed by atoms with Gasteiger partial charge in [0.1, 0.15) is 0 Å². The van der Waals surface area contributed by atoms with E-state index in [2.05, 4.69) is 20.3 Å². The van der Waals surface area contributed by atoms with Gasteiger partial charge in [-0.2, -0.15) is 0 Å². The minimum atomic E-state index is -3.28. The second-order valence-corrected chi connectivity index (χ2v) is 9.01. The summed E-state index contributed by atoms with van der Waals surface area (Å²) in [5.41, 5.74) is 1.04. The number of guanidine groups is 1. The van der Waals surface area contributed by atoms with Crippen LogP contribution in [0.2, 0.25) is 5.02 Å². The summed E-state index contributed by atoms with van der Waals surface area (Å²) in [4.78, 5) is 4.39. The zero-order chi connectivity index (χ0) is 19.0. The van der Waals surface area contributed by atoms with Crippen LogP contribution < -0.4 is 15.4 Å². The van der Waals surface area contributed by atoms with E-state index < -0.39 is 10.0 Å².